The summed E-state index contributed by atoms with van der Waals surface area (Å²) in [5, 5.41) is 0. The minimum Gasteiger partial charge on any atom is -0.383 e. The largest absolute Gasteiger partial charge is 0.383 e. The second-order valence-corrected chi connectivity index (χ2v) is 11.1. The molecule has 3 aromatic rings. The van der Waals surface area contributed by atoms with Crippen LogP contribution in [0.15, 0.2) is 52.4 Å². The highest BCUT2D eigenvalue weighted by molar-refractivity contribution is 7.89. The van der Waals surface area contributed by atoms with E-state index in [1.165, 1.54) is 46.0 Å². The van der Waals surface area contributed by atoms with Crippen LogP contribution in [0, 0.1) is 11.7 Å². The molecule has 0 bridgehead atoms. The summed E-state index contributed by atoms with van der Waals surface area (Å²) in [6, 6.07) is 10.6. The first-order valence-electron chi connectivity index (χ1n) is 10.8. The van der Waals surface area contributed by atoms with Crippen molar-refractivity contribution in [1.29, 1.82) is 0 Å². The van der Waals surface area contributed by atoms with E-state index in [1.54, 1.807) is 23.8 Å². The van der Waals surface area contributed by atoms with Crippen LogP contribution in [-0.4, -0.2) is 50.0 Å². The number of piperidine rings is 1. The van der Waals surface area contributed by atoms with Gasteiger partial charge in [-0.05, 0) is 55.2 Å². The Morgan fingerprint density at radius 3 is 2.70 bits per heavy atom. The van der Waals surface area contributed by atoms with E-state index in [1.807, 2.05) is 6.92 Å². The number of halogens is 1. The maximum Gasteiger partial charge on any atom is 0.279 e. The molecule has 10 heteroatoms. The van der Waals surface area contributed by atoms with Gasteiger partial charge in [-0.1, -0.05) is 24.3 Å². The second-order valence-electron chi connectivity index (χ2n) is 8.17. The van der Waals surface area contributed by atoms with Crippen LogP contribution in [0.4, 0.5) is 4.39 Å². The monoisotopic (exact) mass is 491 g/mol. The third-order valence-electron chi connectivity index (χ3n) is 5.73. The third-order valence-corrected chi connectivity index (χ3v) is 8.65. The first-order valence-corrected chi connectivity index (χ1v) is 13.0. The quantitative estimate of drug-likeness (QED) is 0.527. The molecule has 1 unspecified atom stereocenters. The number of amides is 1. The van der Waals surface area contributed by atoms with Crippen molar-refractivity contribution in [3.63, 3.8) is 0 Å². The zero-order chi connectivity index (χ0) is 23.6. The lowest BCUT2D eigenvalue weighted by Crippen LogP contribution is -2.39. The number of para-hydroxylation sites is 1. The maximum absolute atomic E-state index is 14.4. The molecule has 1 aliphatic rings. The van der Waals surface area contributed by atoms with Crippen molar-refractivity contribution in [2.45, 2.75) is 31.2 Å². The van der Waals surface area contributed by atoms with E-state index >= 15 is 0 Å². The van der Waals surface area contributed by atoms with E-state index in [2.05, 4.69) is 4.99 Å². The summed E-state index contributed by atoms with van der Waals surface area (Å²) in [5.74, 6) is -0.594. The molecular weight excluding hydrogens is 465 g/mol. The summed E-state index contributed by atoms with van der Waals surface area (Å²) < 4.78 is 49.3. The second kappa shape index (κ2) is 9.84. The van der Waals surface area contributed by atoms with Gasteiger partial charge in [0.1, 0.15) is 5.82 Å². The van der Waals surface area contributed by atoms with Crippen LogP contribution in [0.5, 0.6) is 0 Å². The van der Waals surface area contributed by atoms with Crippen LogP contribution in [0.25, 0.3) is 10.2 Å². The Labute approximate surface area is 196 Å². The van der Waals surface area contributed by atoms with Crippen molar-refractivity contribution in [3.05, 3.63) is 58.6 Å². The Balaban J connectivity index is 1.64. The number of hydrogen-bond donors (Lipinski definition) is 0. The number of ether oxygens (including phenoxy) is 1. The molecule has 1 aliphatic heterocycles. The molecule has 33 heavy (non-hydrogen) atoms. The van der Waals surface area contributed by atoms with Gasteiger partial charge < -0.3 is 9.30 Å². The van der Waals surface area contributed by atoms with E-state index in [4.69, 9.17) is 4.74 Å². The van der Waals surface area contributed by atoms with Crippen molar-refractivity contribution in [1.82, 2.24) is 8.87 Å². The Kier molecular flexibility index (Phi) is 7.08. The third kappa shape index (κ3) is 4.93. The van der Waals surface area contributed by atoms with Gasteiger partial charge in [-0.3, -0.25) is 4.79 Å². The van der Waals surface area contributed by atoms with Crippen LogP contribution in [-0.2, 0) is 21.3 Å². The number of carbonyl (C=O) groups is 1. The lowest BCUT2D eigenvalue weighted by Gasteiger charge is -2.30. The summed E-state index contributed by atoms with van der Waals surface area (Å²) in [6.07, 6.45) is 1.86. The average Bonchev–Trinajstić information content (AvgIpc) is 3.15. The predicted octanol–water partition coefficient (Wildman–Crippen LogP) is 3.65. The van der Waals surface area contributed by atoms with Gasteiger partial charge in [-0.25, -0.2) is 12.8 Å². The molecule has 0 radical (unpaired) electrons. The molecule has 1 fully saturated rings. The number of aromatic nitrogens is 1. The standard InChI is InChI=1S/C23H26FN3O4S2/c1-16-5-4-12-26(15-16)33(29,30)18-10-8-17(9-11-18)22(28)25-23-27(13-14-31-2)21-19(24)6-3-7-20(21)32-23/h3,6-11,16H,4-5,12-15H2,1-2H3. The number of rotatable bonds is 6. The smallest absolute Gasteiger partial charge is 0.279 e. The molecule has 1 atom stereocenters. The number of fused-ring (bicyclic) bond motifs is 1. The Morgan fingerprint density at radius 2 is 2.00 bits per heavy atom. The summed E-state index contributed by atoms with van der Waals surface area (Å²) in [7, 11) is -2.05. The van der Waals surface area contributed by atoms with Crippen LogP contribution >= 0.6 is 11.3 Å². The van der Waals surface area contributed by atoms with E-state index in [0.717, 1.165) is 12.8 Å². The topological polar surface area (TPSA) is 81.0 Å². The predicted molar refractivity (Wildman–Crippen MR) is 125 cm³/mol. The lowest BCUT2D eigenvalue weighted by molar-refractivity contribution is 0.0997. The minimum absolute atomic E-state index is 0.159. The van der Waals surface area contributed by atoms with Gasteiger partial charge in [0, 0.05) is 32.3 Å². The first-order chi connectivity index (χ1) is 15.8. The number of hydrogen-bond acceptors (Lipinski definition) is 5. The molecule has 1 amide bonds. The molecule has 0 spiro atoms. The van der Waals surface area contributed by atoms with E-state index < -0.39 is 21.7 Å². The molecule has 2 heterocycles. The fourth-order valence-corrected chi connectivity index (χ4v) is 6.66. The van der Waals surface area contributed by atoms with E-state index in [9.17, 15) is 17.6 Å². The molecule has 1 saturated heterocycles. The number of carbonyl (C=O) groups excluding carboxylic acids is 1. The molecule has 1 aromatic heterocycles. The fourth-order valence-electron chi connectivity index (χ4n) is 4.00. The average molecular weight is 492 g/mol. The zero-order valence-electron chi connectivity index (χ0n) is 18.5. The van der Waals surface area contributed by atoms with Crippen molar-refractivity contribution in [2.75, 3.05) is 26.8 Å². The van der Waals surface area contributed by atoms with Crippen molar-refractivity contribution >= 4 is 37.5 Å². The fraction of sp³-hybridized carbons (Fsp3) is 0.391. The summed E-state index contributed by atoms with van der Waals surface area (Å²) in [5.41, 5.74) is 0.639. The number of sulfonamides is 1. The van der Waals surface area contributed by atoms with Crippen molar-refractivity contribution in [2.24, 2.45) is 10.9 Å². The Hall–Kier alpha value is -2.40. The number of nitrogens with zero attached hydrogens (tertiary/aromatic N) is 3. The molecular formula is C23H26FN3O4S2. The van der Waals surface area contributed by atoms with Crippen LogP contribution in [0.1, 0.15) is 30.1 Å². The van der Waals surface area contributed by atoms with Gasteiger partial charge in [0.05, 0.1) is 21.7 Å². The molecule has 0 N–H and O–H groups in total. The first kappa shape index (κ1) is 23.7. The van der Waals surface area contributed by atoms with E-state index in [-0.39, 0.29) is 10.5 Å². The normalized spacial score (nSPS) is 18.2. The van der Waals surface area contributed by atoms with E-state index in [0.29, 0.717) is 47.2 Å². The molecule has 7 nitrogen and oxygen atoms in total. The number of benzene rings is 2. The highest BCUT2D eigenvalue weighted by atomic mass is 32.2. The van der Waals surface area contributed by atoms with Crippen molar-refractivity contribution in [3.8, 4) is 0 Å². The SMILES string of the molecule is COCCn1c(=NC(=O)c2ccc(S(=O)(=O)N3CCCC(C)C3)cc2)sc2cccc(F)c21. The summed E-state index contributed by atoms with van der Waals surface area (Å²) >= 11 is 1.22. The van der Waals surface area contributed by atoms with Crippen LogP contribution in [0.3, 0.4) is 0 Å². The minimum atomic E-state index is -3.60. The summed E-state index contributed by atoms with van der Waals surface area (Å²) in [6.45, 7) is 3.73. The Morgan fingerprint density at radius 1 is 1.24 bits per heavy atom. The lowest BCUT2D eigenvalue weighted by atomic mass is 10.0. The zero-order valence-corrected chi connectivity index (χ0v) is 20.2. The molecule has 0 saturated carbocycles. The van der Waals surface area contributed by atoms with Gasteiger partial charge in [0.25, 0.3) is 5.91 Å². The van der Waals surface area contributed by atoms with Gasteiger partial charge in [-0.2, -0.15) is 9.30 Å². The molecule has 2 aromatic carbocycles. The van der Waals surface area contributed by atoms with Gasteiger partial charge in [-0.15, -0.1) is 0 Å². The van der Waals surface area contributed by atoms with Gasteiger partial charge in [0.15, 0.2) is 4.80 Å². The Bertz CT molecular complexity index is 1330. The highest BCUT2D eigenvalue weighted by Crippen LogP contribution is 2.24. The van der Waals surface area contributed by atoms with Crippen LogP contribution < -0.4 is 4.80 Å². The maximum atomic E-state index is 14.4. The van der Waals surface area contributed by atoms with Gasteiger partial charge >= 0.3 is 0 Å². The molecule has 0 aliphatic carbocycles. The molecule has 4 rings (SSSR count). The number of methoxy groups -OCH3 is 1. The molecule has 176 valence electrons. The van der Waals surface area contributed by atoms with Gasteiger partial charge in [0.2, 0.25) is 10.0 Å². The number of thiazole rings is 1. The van der Waals surface area contributed by atoms with Crippen molar-refractivity contribution < 1.29 is 22.3 Å². The van der Waals surface area contributed by atoms with Crippen LogP contribution in [0.2, 0.25) is 0 Å². The highest BCUT2D eigenvalue weighted by Gasteiger charge is 2.28. The summed E-state index contributed by atoms with van der Waals surface area (Å²) in [4.78, 5) is 17.6.